The van der Waals surface area contributed by atoms with Gasteiger partial charge in [0.15, 0.2) is 0 Å². The lowest BCUT2D eigenvalue weighted by Gasteiger charge is -2.19. The van der Waals surface area contributed by atoms with Gasteiger partial charge in [0.1, 0.15) is 0 Å². The van der Waals surface area contributed by atoms with E-state index < -0.39 is 0 Å². The van der Waals surface area contributed by atoms with Gasteiger partial charge in [-0.3, -0.25) is 0 Å². The lowest BCUT2D eigenvalue weighted by atomic mass is 9.92. The zero-order valence-corrected chi connectivity index (χ0v) is 8.28. The lowest BCUT2D eigenvalue weighted by molar-refractivity contribution is 0.357. The first-order chi connectivity index (χ1) is 4.95. The molecule has 0 aromatic rings. The van der Waals surface area contributed by atoms with E-state index in [9.17, 15) is 0 Å². The van der Waals surface area contributed by atoms with E-state index in [0.29, 0.717) is 11.5 Å². The lowest BCUT2D eigenvalue weighted by Crippen LogP contribution is -2.35. The third-order valence-electron chi connectivity index (χ3n) is 1.72. The predicted octanol–water partition coefficient (Wildman–Crippen LogP) is 1.36. The van der Waals surface area contributed by atoms with Gasteiger partial charge in [-0.25, -0.2) is 0 Å². The Bertz CT molecular complexity index is 94.2. The van der Waals surface area contributed by atoms with E-state index >= 15 is 0 Å². The summed E-state index contributed by atoms with van der Waals surface area (Å²) in [4.78, 5) is 0. The Kier molecular flexibility index (Phi) is 4.69. The molecule has 0 rings (SSSR count). The van der Waals surface area contributed by atoms with Crippen molar-refractivity contribution in [3.63, 3.8) is 0 Å². The number of rotatable bonds is 4. The highest BCUT2D eigenvalue weighted by atomic mass is 14.9. The molecule has 0 bridgehead atoms. The first-order valence-electron chi connectivity index (χ1n) is 4.39. The molecule has 0 aliphatic heterocycles. The Hall–Kier alpha value is -0.0800. The van der Waals surface area contributed by atoms with Crippen molar-refractivity contribution >= 4 is 0 Å². The molecule has 68 valence electrons. The van der Waals surface area contributed by atoms with Crippen LogP contribution in [0.1, 0.15) is 34.1 Å². The fourth-order valence-corrected chi connectivity index (χ4v) is 0.777. The maximum absolute atomic E-state index is 5.46. The van der Waals surface area contributed by atoms with Crippen molar-refractivity contribution in [3.05, 3.63) is 0 Å². The standard InChI is InChI=1S/C9H22N2/c1-8(7-10)11-6-5-9(2,3)4/h8,11H,5-7,10H2,1-4H3. The molecule has 1 atom stereocenters. The second kappa shape index (κ2) is 4.73. The maximum atomic E-state index is 5.46. The summed E-state index contributed by atoms with van der Waals surface area (Å²) in [6.07, 6.45) is 1.21. The molecular formula is C9H22N2. The van der Waals surface area contributed by atoms with Crippen LogP contribution in [0.5, 0.6) is 0 Å². The van der Waals surface area contributed by atoms with Crippen LogP contribution >= 0.6 is 0 Å². The van der Waals surface area contributed by atoms with Crippen LogP contribution in [0.4, 0.5) is 0 Å². The van der Waals surface area contributed by atoms with E-state index in [1.54, 1.807) is 0 Å². The van der Waals surface area contributed by atoms with Crippen molar-refractivity contribution in [2.24, 2.45) is 11.1 Å². The van der Waals surface area contributed by atoms with Crippen LogP contribution in [-0.2, 0) is 0 Å². The summed E-state index contributed by atoms with van der Waals surface area (Å²) >= 11 is 0. The molecule has 3 N–H and O–H groups in total. The van der Waals surface area contributed by atoms with Gasteiger partial charge in [-0.1, -0.05) is 20.8 Å². The maximum Gasteiger partial charge on any atom is 0.0161 e. The van der Waals surface area contributed by atoms with Gasteiger partial charge in [0, 0.05) is 12.6 Å². The summed E-state index contributed by atoms with van der Waals surface area (Å²) in [5, 5.41) is 3.36. The summed E-state index contributed by atoms with van der Waals surface area (Å²) in [5.74, 6) is 0. The molecule has 0 aromatic carbocycles. The minimum absolute atomic E-state index is 0.432. The third kappa shape index (κ3) is 7.82. The molecule has 2 nitrogen and oxygen atoms in total. The van der Waals surface area contributed by atoms with E-state index in [1.807, 2.05) is 0 Å². The van der Waals surface area contributed by atoms with Crippen LogP contribution in [0.15, 0.2) is 0 Å². The number of nitrogens with two attached hydrogens (primary N) is 1. The van der Waals surface area contributed by atoms with Crippen LogP contribution in [0.25, 0.3) is 0 Å². The zero-order valence-electron chi connectivity index (χ0n) is 8.28. The highest BCUT2D eigenvalue weighted by Gasteiger charge is 2.09. The van der Waals surface area contributed by atoms with Crippen molar-refractivity contribution in [1.29, 1.82) is 0 Å². The zero-order chi connectivity index (χ0) is 8.91. The van der Waals surface area contributed by atoms with Gasteiger partial charge in [0.05, 0.1) is 0 Å². The molecule has 0 aromatic heterocycles. The number of nitrogens with one attached hydrogen (secondary N) is 1. The molecule has 0 spiro atoms. The quantitative estimate of drug-likeness (QED) is 0.648. The molecule has 2 heteroatoms. The monoisotopic (exact) mass is 158 g/mol. The van der Waals surface area contributed by atoms with Gasteiger partial charge in [0.25, 0.3) is 0 Å². The smallest absolute Gasteiger partial charge is 0.0161 e. The minimum atomic E-state index is 0.432. The van der Waals surface area contributed by atoms with Gasteiger partial charge in [-0.05, 0) is 25.3 Å². The van der Waals surface area contributed by atoms with Crippen molar-refractivity contribution in [3.8, 4) is 0 Å². The second-order valence-corrected chi connectivity index (χ2v) is 4.40. The molecule has 0 saturated heterocycles. The van der Waals surface area contributed by atoms with E-state index in [4.69, 9.17) is 5.73 Å². The van der Waals surface area contributed by atoms with Crippen molar-refractivity contribution in [2.45, 2.75) is 40.2 Å². The normalized spacial score (nSPS) is 15.0. The molecule has 0 heterocycles. The molecule has 0 aliphatic rings. The fourth-order valence-electron chi connectivity index (χ4n) is 0.777. The Labute approximate surface area is 70.5 Å². The van der Waals surface area contributed by atoms with Crippen molar-refractivity contribution in [1.82, 2.24) is 5.32 Å². The summed E-state index contributed by atoms with van der Waals surface area (Å²) < 4.78 is 0. The highest BCUT2D eigenvalue weighted by molar-refractivity contribution is 4.66. The van der Waals surface area contributed by atoms with Crippen LogP contribution in [0, 0.1) is 5.41 Å². The SMILES string of the molecule is CC(CN)NCCC(C)(C)C. The molecule has 0 amide bonds. The Morgan fingerprint density at radius 3 is 2.27 bits per heavy atom. The van der Waals surface area contributed by atoms with Crippen LogP contribution in [0.2, 0.25) is 0 Å². The van der Waals surface area contributed by atoms with Crippen molar-refractivity contribution in [2.75, 3.05) is 13.1 Å². The van der Waals surface area contributed by atoms with Crippen LogP contribution in [-0.4, -0.2) is 19.1 Å². The minimum Gasteiger partial charge on any atom is -0.329 e. The molecule has 1 unspecified atom stereocenters. The average Bonchev–Trinajstić information content (AvgIpc) is 1.85. The van der Waals surface area contributed by atoms with E-state index in [0.717, 1.165) is 13.1 Å². The van der Waals surface area contributed by atoms with Crippen molar-refractivity contribution < 1.29 is 0 Å². The molecule has 0 fully saturated rings. The first-order valence-corrected chi connectivity index (χ1v) is 4.39. The third-order valence-corrected chi connectivity index (χ3v) is 1.72. The number of hydrogen-bond donors (Lipinski definition) is 2. The van der Waals surface area contributed by atoms with E-state index in [-0.39, 0.29) is 0 Å². The van der Waals surface area contributed by atoms with Gasteiger partial charge in [0.2, 0.25) is 0 Å². The predicted molar refractivity (Wildman–Crippen MR) is 50.6 cm³/mol. The van der Waals surface area contributed by atoms with E-state index in [1.165, 1.54) is 6.42 Å². The van der Waals surface area contributed by atoms with E-state index in [2.05, 4.69) is 33.0 Å². The molecular weight excluding hydrogens is 136 g/mol. The topological polar surface area (TPSA) is 38.0 Å². The highest BCUT2D eigenvalue weighted by Crippen LogP contribution is 2.16. The summed E-state index contributed by atoms with van der Waals surface area (Å²) in [6, 6.07) is 0.456. The van der Waals surface area contributed by atoms with Crippen LogP contribution in [0.3, 0.4) is 0 Å². The van der Waals surface area contributed by atoms with Gasteiger partial charge >= 0.3 is 0 Å². The molecule has 0 aliphatic carbocycles. The molecule has 0 saturated carbocycles. The summed E-state index contributed by atoms with van der Waals surface area (Å²) in [7, 11) is 0. The van der Waals surface area contributed by atoms with Crippen LogP contribution < -0.4 is 11.1 Å². The van der Waals surface area contributed by atoms with Gasteiger partial charge in [-0.2, -0.15) is 0 Å². The Balaban J connectivity index is 3.28. The second-order valence-electron chi connectivity index (χ2n) is 4.40. The van der Waals surface area contributed by atoms with Gasteiger partial charge in [-0.15, -0.1) is 0 Å². The Morgan fingerprint density at radius 2 is 1.91 bits per heavy atom. The summed E-state index contributed by atoms with van der Waals surface area (Å²) in [6.45, 7) is 10.7. The molecule has 0 radical (unpaired) electrons. The van der Waals surface area contributed by atoms with Gasteiger partial charge < -0.3 is 11.1 Å². The summed E-state index contributed by atoms with van der Waals surface area (Å²) in [5.41, 5.74) is 5.89. The Morgan fingerprint density at radius 1 is 1.36 bits per heavy atom. The fraction of sp³-hybridized carbons (Fsp3) is 1.00. The average molecular weight is 158 g/mol. The number of hydrogen-bond acceptors (Lipinski definition) is 2. The first kappa shape index (κ1) is 10.9. The molecule has 11 heavy (non-hydrogen) atoms. The largest absolute Gasteiger partial charge is 0.329 e.